The predicted molar refractivity (Wildman–Crippen MR) is 97.8 cm³/mol. The van der Waals surface area contributed by atoms with Gasteiger partial charge in [0.2, 0.25) is 5.91 Å². The van der Waals surface area contributed by atoms with E-state index in [-0.39, 0.29) is 30.3 Å². The number of likely N-dealkylation sites (tertiary alicyclic amines) is 1. The van der Waals surface area contributed by atoms with Gasteiger partial charge < -0.3 is 15.5 Å². The number of nitrogens with one attached hydrogen (secondary N) is 2. The first-order valence-electron chi connectivity index (χ1n) is 8.57. The van der Waals surface area contributed by atoms with Crippen molar-refractivity contribution in [1.29, 1.82) is 0 Å². The standard InChI is InChI=1S/C18H25N3O2.ClH/c1-13-6-4-8-15(17(13)18(23)21-10-2-3-11-21)20-16(22)12-14-7-5-9-19-14;/h4,6,8,14,19H,2-3,5,7,9-12H2,1H3,(H,20,22);1H. The van der Waals surface area contributed by atoms with Gasteiger partial charge in [-0.15, -0.1) is 12.4 Å². The number of carbonyl (C=O) groups is 2. The van der Waals surface area contributed by atoms with E-state index in [0.717, 1.165) is 50.9 Å². The molecule has 1 atom stereocenters. The summed E-state index contributed by atoms with van der Waals surface area (Å²) < 4.78 is 0. The quantitative estimate of drug-likeness (QED) is 0.876. The normalized spacial score (nSPS) is 19.9. The number of aryl methyl sites for hydroxylation is 1. The Morgan fingerprint density at radius 1 is 1.25 bits per heavy atom. The molecule has 0 spiro atoms. The van der Waals surface area contributed by atoms with Gasteiger partial charge in [0.15, 0.2) is 0 Å². The van der Waals surface area contributed by atoms with Crippen LogP contribution in [0.4, 0.5) is 5.69 Å². The van der Waals surface area contributed by atoms with Gasteiger partial charge >= 0.3 is 0 Å². The lowest BCUT2D eigenvalue weighted by Gasteiger charge is -2.20. The van der Waals surface area contributed by atoms with Crippen molar-refractivity contribution in [3.8, 4) is 0 Å². The summed E-state index contributed by atoms with van der Waals surface area (Å²) >= 11 is 0. The molecule has 0 bridgehead atoms. The summed E-state index contributed by atoms with van der Waals surface area (Å²) in [7, 11) is 0. The molecule has 1 aromatic carbocycles. The molecule has 2 N–H and O–H groups in total. The number of hydrogen-bond acceptors (Lipinski definition) is 3. The van der Waals surface area contributed by atoms with Crippen LogP contribution in [0.2, 0.25) is 0 Å². The van der Waals surface area contributed by atoms with Crippen molar-refractivity contribution >= 4 is 29.9 Å². The third-order valence-electron chi connectivity index (χ3n) is 4.75. The summed E-state index contributed by atoms with van der Waals surface area (Å²) in [5.41, 5.74) is 2.20. The van der Waals surface area contributed by atoms with Crippen LogP contribution in [-0.2, 0) is 4.79 Å². The maximum absolute atomic E-state index is 12.8. The molecule has 2 fully saturated rings. The lowest BCUT2D eigenvalue weighted by Crippen LogP contribution is -2.31. The van der Waals surface area contributed by atoms with Crippen molar-refractivity contribution in [2.24, 2.45) is 0 Å². The molecule has 132 valence electrons. The summed E-state index contributed by atoms with van der Waals surface area (Å²) in [5, 5.41) is 6.29. The van der Waals surface area contributed by atoms with Gasteiger partial charge in [-0.3, -0.25) is 9.59 Å². The van der Waals surface area contributed by atoms with Gasteiger partial charge in [-0.25, -0.2) is 0 Å². The average molecular weight is 352 g/mol. The Kier molecular flexibility index (Phi) is 6.63. The molecule has 0 aliphatic carbocycles. The number of carbonyl (C=O) groups excluding carboxylic acids is 2. The van der Waals surface area contributed by atoms with Crippen molar-refractivity contribution in [3.05, 3.63) is 29.3 Å². The number of nitrogens with zero attached hydrogens (tertiary/aromatic N) is 1. The third kappa shape index (κ3) is 4.28. The Bertz CT molecular complexity index is 594. The van der Waals surface area contributed by atoms with Crippen molar-refractivity contribution in [2.75, 3.05) is 25.0 Å². The Morgan fingerprint density at radius 3 is 2.67 bits per heavy atom. The average Bonchev–Trinajstić information content (AvgIpc) is 3.20. The molecule has 1 unspecified atom stereocenters. The molecule has 0 aromatic heterocycles. The fourth-order valence-electron chi connectivity index (χ4n) is 3.49. The highest BCUT2D eigenvalue weighted by Gasteiger charge is 2.24. The highest BCUT2D eigenvalue weighted by molar-refractivity contribution is 6.05. The van der Waals surface area contributed by atoms with Gasteiger partial charge in [-0.2, -0.15) is 0 Å². The number of benzene rings is 1. The second-order valence-corrected chi connectivity index (χ2v) is 6.54. The molecule has 3 rings (SSSR count). The second kappa shape index (κ2) is 8.49. The van der Waals surface area contributed by atoms with Crippen molar-refractivity contribution < 1.29 is 9.59 Å². The summed E-state index contributed by atoms with van der Waals surface area (Å²) in [5.74, 6) is 0.0142. The molecule has 5 nitrogen and oxygen atoms in total. The van der Waals surface area contributed by atoms with Gasteiger partial charge in [0.1, 0.15) is 0 Å². The van der Waals surface area contributed by atoms with E-state index in [9.17, 15) is 9.59 Å². The van der Waals surface area contributed by atoms with Crippen molar-refractivity contribution in [1.82, 2.24) is 10.2 Å². The van der Waals surface area contributed by atoms with Gasteiger partial charge in [-0.1, -0.05) is 12.1 Å². The van der Waals surface area contributed by atoms with Gasteiger partial charge in [-0.05, 0) is 50.8 Å². The van der Waals surface area contributed by atoms with Gasteiger partial charge in [0.05, 0.1) is 11.3 Å². The van der Waals surface area contributed by atoms with Crippen LogP contribution in [0.1, 0.15) is 48.0 Å². The molecular formula is C18H26ClN3O2. The Balaban J connectivity index is 0.00000208. The zero-order valence-electron chi connectivity index (χ0n) is 14.1. The lowest BCUT2D eigenvalue weighted by molar-refractivity contribution is -0.116. The van der Waals surface area contributed by atoms with E-state index in [1.807, 2.05) is 30.0 Å². The van der Waals surface area contributed by atoms with Crippen LogP contribution in [0.15, 0.2) is 18.2 Å². The lowest BCUT2D eigenvalue weighted by atomic mass is 10.0. The molecule has 0 radical (unpaired) electrons. The van der Waals surface area contributed by atoms with E-state index in [0.29, 0.717) is 17.7 Å². The van der Waals surface area contributed by atoms with Gasteiger partial charge in [0, 0.05) is 25.6 Å². The molecule has 2 aliphatic heterocycles. The number of rotatable bonds is 4. The maximum Gasteiger partial charge on any atom is 0.256 e. The summed E-state index contributed by atoms with van der Waals surface area (Å²) in [6.45, 7) is 4.54. The minimum Gasteiger partial charge on any atom is -0.339 e. The second-order valence-electron chi connectivity index (χ2n) is 6.54. The zero-order chi connectivity index (χ0) is 16.2. The molecule has 2 heterocycles. The molecule has 2 aliphatic rings. The van der Waals surface area contributed by atoms with Crippen LogP contribution < -0.4 is 10.6 Å². The fourth-order valence-corrected chi connectivity index (χ4v) is 3.49. The largest absolute Gasteiger partial charge is 0.339 e. The number of hydrogen-bond donors (Lipinski definition) is 2. The number of anilines is 1. The summed E-state index contributed by atoms with van der Waals surface area (Å²) in [6, 6.07) is 5.91. The van der Waals surface area contributed by atoms with Crippen molar-refractivity contribution in [3.63, 3.8) is 0 Å². The Hall–Kier alpha value is -1.59. The van der Waals surface area contributed by atoms with E-state index < -0.39 is 0 Å². The van der Waals surface area contributed by atoms with Crippen LogP contribution in [0.3, 0.4) is 0 Å². The molecule has 6 heteroatoms. The summed E-state index contributed by atoms with van der Waals surface area (Å²) in [6.07, 6.45) is 4.76. The molecule has 0 saturated carbocycles. The first-order chi connectivity index (χ1) is 11.1. The Labute approximate surface area is 149 Å². The van der Waals surface area contributed by atoms with Crippen LogP contribution in [-0.4, -0.2) is 42.4 Å². The maximum atomic E-state index is 12.8. The van der Waals surface area contributed by atoms with Gasteiger partial charge in [0.25, 0.3) is 5.91 Å². The molecule has 2 saturated heterocycles. The van der Waals surface area contributed by atoms with E-state index in [1.165, 1.54) is 0 Å². The first kappa shape index (κ1) is 18.7. The number of halogens is 1. The number of amides is 2. The predicted octanol–water partition coefficient (Wildman–Crippen LogP) is 2.73. The Morgan fingerprint density at radius 2 is 2.00 bits per heavy atom. The van der Waals surface area contributed by atoms with Crippen molar-refractivity contribution in [2.45, 2.75) is 45.1 Å². The van der Waals surface area contributed by atoms with Crippen LogP contribution in [0.5, 0.6) is 0 Å². The van der Waals surface area contributed by atoms with Crippen LogP contribution >= 0.6 is 12.4 Å². The molecule has 1 aromatic rings. The van der Waals surface area contributed by atoms with Crippen LogP contribution in [0.25, 0.3) is 0 Å². The minimum absolute atomic E-state index is 0. The highest BCUT2D eigenvalue weighted by atomic mass is 35.5. The molecule has 24 heavy (non-hydrogen) atoms. The smallest absolute Gasteiger partial charge is 0.256 e. The summed E-state index contributed by atoms with van der Waals surface area (Å²) in [4.78, 5) is 27.0. The monoisotopic (exact) mass is 351 g/mol. The molecular weight excluding hydrogens is 326 g/mol. The SMILES string of the molecule is Cc1cccc(NC(=O)CC2CCCN2)c1C(=O)N1CCCC1.Cl. The fraction of sp³-hybridized carbons (Fsp3) is 0.556. The van der Waals surface area contributed by atoms with E-state index in [2.05, 4.69) is 10.6 Å². The van der Waals surface area contributed by atoms with Crippen LogP contribution in [0, 0.1) is 6.92 Å². The first-order valence-corrected chi connectivity index (χ1v) is 8.57. The highest BCUT2D eigenvalue weighted by Crippen LogP contribution is 2.24. The van der Waals surface area contributed by atoms with E-state index >= 15 is 0 Å². The minimum atomic E-state index is -0.0227. The van der Waals surface area contributed by atoms with E-state index in [1.54, 1.807) is 0 Å². The molecule has 2 amide bonds. The zero-order valence-corrected chi connectivity index (χ0v) is 15.0. The van der Waals surface area contributed by atoms with E-state index in [4.69, 9.17) is 0 Å². The third-order valence-corrected chi connectivity index (χ3v) is 4.75. The topological polar surface area (TPSA) is 61.4 Å².